The van der Waals surface area contributed by atoms with Gasteiger partial charge in [0.05, 0.1) is 17.6 Å². The van der Waals surface area contributed by atoms with E-state index in [9.17, 15) is 0 Å². The van der Waals surface area contributed by atoms with E-state index in [0.717, 1.165) is 12.2 Å². The van der Waals surface area contributed by atoms with Gasteiger partial charge in [-0.2, -0.15) is 0 Å². The smallest absolute Gasteiger partial charge is 0.0571 e. The Bertz CT molecular complexity index is 337. The molecule has 1 aromatic rings. The Hall–Kier alpha value is -1.09. The summed E-state index contributed by atoms with van der Waals surface area (Å²) in [6, 6.07) is 4.54. The maximum absolute atomic E-state index is 4.50. The molecule has 1 heterocycles. The fourth-order valence-corrected chi connectivity index (χ4v) is 1.83. The highest BCUT2D eigenvalue weighted by Crippen LogP contribution is 2.20. The van der Waals surface area contributed by atoms with Crippen LogP contribution in [0.4, 0.5) is 5.69 Å². The Balaban J connectivity index is 2.74. The summed E-state index contributed by atoms with van der Waals surface area (Å²) in [4.78, 5) is 6.75. The van der Waals surface area contributed by atoms with Crippen LogP contribution in [0.2, 0.25) is 0 Å². The Kier molecular flexibility index (Phi) is 4.52. The van der Waals surface area contributed by atoms with Crippen LogP contribution in [0.1, 0.15) is 39.4 Å². The monoisotopic (exact) mass is 235 g/mol. The quantitative estimate of drug-likeness (QED) is 0.870. The van der Waals surface area contributed by atoms with Crippen molar-refractivity contribution in [2.24, 2.45) is 5.41 Å². The highest BCUT2D eigenvalue weighted by atomic mass is 15.1. The van der Waals surface area contributed by atoms with E-state index in [2.05, 4.69) is 62.1 Å². The van der Waals surface area contributed by atoms with E-state index in [0.29, 0.717) is 11.5 Å². The molecule has 96 valence electrons. The molecule has 0 fully saturated rings. The Morgan fingerprint density at radius 2 is 2.00 bits per heavy atom. The second kappa shape index (κ2) is 5.50. The van der Waals surface area contributed by atoms with Crippen LogP contribution in [-0.2, 0) is 0 Å². The van der Waals surface area contributed by atoms with Crippen LogP contribution in [0.15, 0.2) is 18.3 Å². The van der Waals surface area contributed by atoms with E-state index in [1.165, 1.54) is 5.69 Å². The van der Waals surface area contributed by atoms with Crippen molar-refractivity contribution in [3.8, 4) is 0 Å². The van der Waals surface area contributed by atoms with Crippen LogP contribution < -0.4 is 10.2 Å². The molecular weight excluding hydrogens is 210 g/mol. The second-order valence-corrected chi connectivity index (χ2v) is 5.87. The van der Waals surface area contributed by atoms with Crippen molar-refractivity contribution < 1.29 is 0 Å². The van der Waals surface area contributed by atoms with E-state index in [1.54, 1.807) is 0 Å². The average molecular weight is 235 g/mol. The predicted molar refractivity (Wildman–Crippen MR) is 74.4 cm³/mol. The van der Waals surface area contributed by atoms with E-state index in [-0.39, 0.29) is 0 Å². The fourth-order valence-electron chi connectivity index (χ4n) is 1.83. The van der Waals surface area contributed by atoms with Gasteiger partial charge >= 0.3 is 0 Å². The SMILES string of the molecule is CNC(C)c1ccc(N(C)CC(C)(C)C)cn1. The molecule has 0 aromatic carbocycles. The summed E-state index contributed by atoms with van der Waals surface area (Å²) >= 11 is 0. The first-order valence-electron chi connectivity index (χ1n) is 6.18. The van der Waals surface area contributed by atoms with Crippen molar-refractivity contribution in [3.63, 3.8) is 0 Å². The first-order chi connectivity index (χ1) is 7.83. The predicted octanol–water partition coefficient (Wildman–Crippen LogP) is 2.84. The van der Waals surface area contributed by atoms with E-state index in [4.69, 9.17) is 0 Å². The van der Waals surface area contributed by atoms with Gasteiger partial charge in [0.25, 0.3) is 0 Å². The lowest BCUT2D eigenvalue weighted by Crippen LogP contribution is -2.29. The van der Waals surface area contributed by atoms with Gasteiger partial charge in [0.2, 0.25) is 0 Å². The molecule has 1 unspecified atom stereocenters. The number of rotatable bonds is 4. The number of nitrogens with zero attached hydrogens (tertiary/aromatic N) is 2. The third kappa shape index (κ3) is 4.35. The summed E-state index contributed by atoms with van der Waals surface area (Å²) in [5, 5.41) is 3.19. The van der Waals surface area contributed by atoms with Gasteiger partial charge in [-0.25, -0.2) is 0 Å². The van der Waals surface area contributed by atoms with Crippen LogP contribution in [0, 0.1) is 5.41 Å². The summed E-state index contributed by atoms with van der Waals surface area (Å²) in [6.45, 7) is 9.87. The molecule has 3 nitrogen and oxygen atoms in total. The molecule has 0 spiro atoms. The van der Waals surface area contributed by atoms with Gasteiger partial charge in [0.1, 0.15) is 0 Å². The minimum atomic E-state index is 0.297. The molecule has 0 radical (unpaired) electrons. The molecule has 0 aliphatic heterocycles. The van der Waals surface area contributed by atoms with Crippen LogP contribution in [-0.4, -0.2) is 25.6 Å². The van der Waals surface area contributed by atoms with Crippen molar-refractivity contribution in [1.82, 2.24) is 10.3 Å². The normalized spacial score (nSPS) is 13.5. The maximum atomic E-state index is 4.50. The fraction of sp³-hybridized carbons (Fsp3) is 0.643. The minimum absolute atomic E-state index is 0.297. The van der Waals surface area contributed by atoms with Gasteiger partial charge in [0.15, 0.2) is 0 Å². The average Bonchev–Trinajstić information content (AvgIpc) is 2.26. The lowest BCUT2D eigenvalue weighted by atomic mass is 9.96. The number of pyridine rings is 1. The summed E-state index contributed by atoms with van der Waals surface area (Å²) < 4.78 is 0. The number of hydrogen-bond donors (Lipinski definition) is 1. The molecule has 0 aliphatic rings. The standard InChI is InChI=1S/C14H25N3/c1-11(15-5)13-8-7-12(9-16-13)17(6)10-14(2,3)4/h7-9,11,15H,10H2,1-6H3. The van der Waals surface area contributed by atoms with E-state index >= 15 is 0 Å². The molecule has 0 bridgehead atoms. The molecule has 1 atom stereocenters. The van der Waals surface area contributed by atoms with Gasteiger partial charge in [-0.15, -0.1) is 0 Å². The molecule has 3 heteroatoms. The second-order valence-electron chi connectivity index (χ2n) is 5.87. The summed E-state index contributed by atoms with van der Waals surface area (Å²) in [5.74, 6) is 0. The number of anilines is 1. The van der Waals surface area contributed by atoms with Crippen molar-refractivity contribution >= 4 is 5.69 Å². The molecule has 0 aliphatic carbocycles. The lowest BCUT2D eigenvalue weighted by Gasteiger charge is -2.28. The zero-order valence-corrected chi connectivity index (χ0v) is 11.9. The Morgan fingerprint density at radius 1 is 1.35 bits per heavy atom. The van der Waals surface area contributed by atoms with E-state index < -0.39 is 0 Å². The van der Waals surface area contributed by atoms with Crippen molar-refractivity contribution in [2.75, 3.05) is 25.5 Å². The van der Waals surface area contributed by atoms with Gasteiger partial charge in [-0.05, 0) is 31.5 Å². The largest absolute Gasteiger partial charge is 0.373 e. The first kappa shape index (κ1) is 14.0. The molecule has 1 aromatic heterocycles. The summed E-state index contributed by atoms with van der Waals surface area (Å²) in [5.41, 5.74) is 2.55. The molecule has 17 heavy (non-hydrogen) atoms. The summed E-state index contributed by atoms with van der Waals surface area (Å²) in [6.07, 6.45) is 1.95. The zero-order valence-electron chi connectivity index (χ0n) is 11.9. The lowest BCUT2D eigenvalue weighted by molar-refractivity contribution is 0.419. The Morgan fingerprint density at radius 3 is 2.41 bits per heavy atom. The highest BCUT2D eigenvalue weighted by Gasteiger charge is 2.14. The molecule has 1 rings (SSSR count). The van der Waals surface area contributed by atoms with Gasteiger partial charge < -0.3 is 10.2 Å². The number of aromatic nitrogens is 1. The van der Waals surface area contributed by atoms with Gasteiger partial charge in [-0.3, -0.25) is 4.98 Å². The summed E-state index contributed by atoms with van der Waals surface area (Å²) in [7, 11) is 4.06. The molecule has 1 N–H and O–H groups in total. The topological polar surface area (TPSA) is 28.2 Å². The van der Waals surface area contributed by atoms with Gasteiger partial charge in [-0.1, -0.05) is 20.8 Å². The molecule has 0 saturated heterocycles. The van der Waals surface area contributed by atoms with Gasteiger partial charge in [0, 0.05) is 19.6 Å². The molecule has 0 amide bonds. The van der Waals surface area contributed by atoms with Crippen LogP contribution in [0.5, 0.6) is 0 Å². The van der Waals surface area contributed by atoms with Crippen molar-refractivity contribution in [1.29, 1.82) is 0 Å². The van der Waals surface area contributed by atoms with Crippen LogP contribution >= 0.6 is 0 Å². The highest BCUT2D eigenvalue weighted by molar-refractivity contribution is 5.44. The van der Waals surface area contributed by atoms with Crippen molar-refractivity contribution in [2.45, 2.75) is 33.7 Å². The van der Waals surface area contributed by atoms with Crippen LogP contribution in [0.3, 0.4) is 0 Å². The Labute approximate surface area is 105 Å². The van der Waals surface area contributed by atoms with Crippen LogP contribution in [0.25, 0.3) is 0 Å². The van der Waals surface area contributed by atoms with Crippen molar-refractivity contribution in [3.05, 3.63) is 24.0 Å². The number of hydrogen-bond acceptors (Lipinski definition) is 3. The minimum Gasteiger partial charge on any atom is -0.373 e. The zero-order chi connectivity index (χ0) is 13.1. The third-order valence-corrected chi connectivity index (χ3v) is 2.80. The molecule has 0 saturated carbocycles. The van der Waals surface area contributed by atoms with E-state index in [1.807, 2.05) is 13.2 Å². The third-order valence-electron chi connectivity index (χ3n) is 2.80. The number of nitrogens with one attached hydrogen (secondary N) is 1. The molecular formula is C14H25N3. The maximum Gasteiger partial charge on any atom is 0.0571 e. The first-order valence-corrected chi connectivity index (χ1v) is 6.18.